The number of likely N-dealkylation sites (N-methyl/N-ethyl adjacent to an activating group) is 1. The van der Waals surface area contributed by atoms with Gasteiger partial charge in [0.15, 0.2) is 11.5 Å². The second-order valence-electron chi connectivity index (χ2n) is 6.57. The molecule has 0 radical (unpaired) electrons. The molecule has 4 rings (SSSR count). The number of carbonyl (C=O) groups is 3. The number of hydrogen-bond acceptors (Lipinski definition) is 6. The molecule has 25 heavy (non-hydrogen) atoms. The van der Waals surface area contributed by atoms with Gasteiger partial charge in [0.05, 0.1) is 24.5 Å². The third-order valence-corrected chi connectivity index (χ3v) is 4.37. The maximum Gasteiger partial charge on any atom is 0.300 e. The average Bonchev–Trinajstić information content (AvgIpc) is 3.37. The van der Waals surface area contributed by atoms with Crippen LogP contribution in [0, 0.1) is 0 Å². The van der Waals surface area contributed by atoms with Crippen molar-refractivity contribution in [1.82, 2.24) is 10.2 Å². The van der Waals surface area contributed by atoms with Crippen LogP contribution in [0.5, 0.6) is 11.5 Å². The van der Waals surface area contributed by atoms with Crippen LogP contribution in [-0.4, -0.2) is 62.0 Å². The number of carbonyl (C=O) groups excluding carboxylic acids is 3. The molecule has 1 N–H and O–H groups in total. The minimum absolute atomic E-state index is 0.0784. The Morgan fingerprint density at radius 1 is 1.24 bits per heavy atom. The predicted molar refractivity (Wildman–Crippen MR) is 87.9 cm³/mol. The number of hydrogen-bond donors (Lipinski definition) is 1. The highest BCUT2D eigenvalue weighted by molar-refractivity contribution is 6.52. The lowest BCUT2D eigenvalue weighted by Gasteiger charge is -2.25. The first-order valence-electron chi connectivity index (χ1n) is 8.30. The first-order valence-corrected chi connectivity index (χ1v) is 8.30. The topological polar surface area (TPSA) is 88.2 Å². The lowest BCUT2D eigenvalue weighted by Crippen LogP contribution is -2.43. The maximum absolute atomic E-state index is 12.4. The van der Waals surface area contributed by atoms with Crippen LogP contribution in [0.3, 0.4) is 0 Å². The normalized spacial score (nSPS) is 18.6. The second kappa shape index (κ2) is 6.03. The second-order valence-corrected chi connectivity index (χ2v) is 6.57. The van der Waals surface area contributed by atoms with Crippen molar-refractivity contribution in [3.8, 4) is 11.5 Å². The molecule has 1 aromatic rings. The van der Waals surface area contributed by atoms with E-state index in [2.05, 4.69) is 5.32 Å². The third-order valence-electron chi connectivity index (χ3n) is 4.37. The minimum Gasteiger partial charge on any atom is -0.486 e. The van der Waals surface area contributed by atoms with E-state index in [1.54, 1.807) is 24.1 Å². The van der Waals surface area contributed by atoms with Crippen LogP contribution in [0.4, 0.5) is 5.69 Å². The molecule has 132 valence electrons. The number of anilines is 1. The van der Waals surface area contributed by atoms with Crippen molar-refractivity contribution in [3.63, 3.8) is 0 Å². The summed E-state index contributed by atoms with van der Waals surface area (Å²) in [5.74, 6) is -0.253. The van der Waals surface area contributed by atoms with Gasteiger partial charge in [-0.3, -0.25) is 24.2 Å². The van der Waals surface area contributed by atoms with Crippen LogP contribution in [0.25, 0.3) is 0 Å². The number of nitrogens with one attached hydrogen (secondary N) is 1. The Morgan fingerprint density at radius 2 is 1.92 bits per heavy atom. The van der Waals surface area contributed by atoms with E-state index < -0.39 is 11.7 Å². The summed E-state index contributed by atoms with van der Waals surface area (Å²) < 4.78 is 11.0. The van der Waals surface area contributed by atoms with Gasteiger partial charge in [0, 0.05) is 12.1 Å². The van der Waals surface area contributed by atoms with Gasteiger partial charge in [-0.15, -0.1) is 0 Å². The van der Waals surface area contributed by atoms with Crippen LogP contribution in [0.15, 0.2) is 12.1 Å². The summed E-state index contributed by atoms with van der Waals surface area (Å²) in [5, 5.41) is 2.90. The number of amides is 2. The number of ketones is 1. The van der Waals surface area contributed by atoms with E-state index in [4.69, 9.17) is 9.47 Å². The monoisotopic (exact) mass is 345 g/mol. The first kappa shape index (κ1) is 15.9. The van der Waals surface area contributed by atoms with Gasteiger partial charge in [0.25, 0.3) is 5.78 Å². The number of rotatable bonds is 5. The van der Waals surface area contributed by atoms with E-state index in [0.717, 1.165) is 12.8 Å². The van der Waals surface area contributed by atoms with Crippen LogP contribution in [-0.2, 0) is 9.59 Å². The molecule has 1 aromatic carbocycles. The van der Waals surface area contributed by atoms with E-state index in [0.29, 0.717) is 42.0 Å². The number of Topliss-reactive ketones (excluding diaryl/α,β-unsaturated/α-hetero) is 1. The molecule has 2 amide bonds. The van der Waals surface area contributed by atoms with Crippen LogP contribution < -0.4 is 19.7 Å². The third kappa shape index (κ3) is 3.05. The summed E-state index contributed by atoms with van der Waals surface area (Å²) in [6.45, 7) is 1.15. The molecule has 1 aliphatic carbocycles. The van der Waals surface area contributed by atoms with Gasteiger partial charge in [0.1, 0.15) is 13.2 Å². The largest absolute Gasteiger partial charge is 0.486 e. The molecule has 8 heteroatoms. The highest BCUT2D eigenvalue weighted by Gasteiger charge is 2.38. The summed E-state index contributed by atoms with van der Waals surface area (Å²) >= 11 is 0. The summed E-state index contributed by atoms with van der Waals surface area (Å²) in [6.07, 6.45) is 2.05. The van der Waals surface area contributed by atoms with Gasteiger partial charge in [-0.1, -0.05) is 0 Å². The molecule has 0 saturated heterocycles. The molecule has 3 aliphatic rings. The molecular formula is C17H19N3O5. The fourth-order valence-corrected chi connectivity index (χ4v) is 3.01. The predicted octanol–water partition coefficient (Wildman–Crippen LogP) is 0.155. The molecule has 0 unspecified atom stereocenters. The van der Waals surface area contributed by atoms with E-state index in [1.165, 1.54) is 4.90 Å². The molecule has 2 heterocycles. The molecule has 0 bridgehead atoms. The van der Waals surface area contributed by atoms with E-state index in [9.17, 15) is 14.4 Å². The Morgan fingerprint density at radius 3 is 2.60 bits per heavy atom. The van der Waals surface area contributed by atoms with E-state index >= 15 is 0 Å². The molecule has 1 fully saturated rings. The molecule has 1 saturated carbocycles. The summed E-state index contributed by atoms with van der Waals surface area (Å²) in [4.78, 5) is 39.6. The Balaban J connectivity index is 1.51. The average molecular weight is 345 g/mol. The number of ether oxygens (including phenoxy) is 2. The van der Waals surface area contributed by atoms with Gasteiger partial charge in [-0.25, -0.2) is 0 Å². The minimum atomic E-state index is -0.605. The fraction of sp³-hybridized carbons (Fsp3) is 0.471. The SMILES string of the molecule is CN(CC(=O)NC1CC1)CN1C(=O)C(=O)c2cc3c(cc21)OCCO3. The number of benzene rings is 1. The van der Waals surface area contributed by atoms with Gasteiger partial charge in [-0.2, -0.15) is 0 Å². The zero-order valence-electron chi connectivity index (χ0n) is 13.9. The zero-order valence-corrected chi connectivity index (χ0v) is 13.9. The van der Waals surface area contributed by atoms with Crippen molar-refractivity contribution >= 4 is 23.3 Å². The maximum atomic E-state index is 12.4. The van der Waals surface area contributed by atoms with Crippen molar-refractivity contribution in [2.24, 2.45) is 0 Å². The Hall–Kier alpha value is -2.61. The molecular weight excluding hydrogens is 326 g/mol. The van der Waals surface area contributed by atoms with Crippen molar-refractivity contribution in [1.29, 1.82) is 0 Å². The highest BCUT2D eigenvalue weighted by atomic mass is 16.6. The first-order chi connectivity index (χ1) is 12.0. The van der Waals surface area contributed by atoms with Crippen LogP contribution >= 0.6 is 0 Å². The molecule has 8 nitrogen and oxygen atoms in total. The quantitative estimate of drug-likeness (QED) is 0.765. The Labute approximate surface area is 144 Å². The van der Waals surface area contributed by atoms with E-state index in [-0.39, 0.29) is 19.1 Å². The molecule has 0 atom stereocenters. The van der Waals surface area contributed by atoms with Crippen LogP contribution in [0.1, 0.15) is 23.2 Å². The lowest BCUT2D eigenvalue weighted by molar-refractivity contribution is -0.122. The lowest BCUT2D eigenvalue weighted by atomic mass is 10.1. The van der Waals surface area contributed by atoms with Gasteiger partial charge < -0.3 is 14.8 Å². The zero-order chi connectivity index (χ0) is 17.6. The van der Waals surface area contributed by atoms with Gasteiger partial charge in [0.2, 0.25) is 5.91 Å². The number of fused-ring (bicyclic) bond motifs is 2. The fourth-order valence-electron chi connectivity index (χ4n) is 3.01. The number of nitrogens with zero attached hydrogens (tertiary/aromatic N) is 2. The Kier molecular flexibility index (Phi) is 3.84. The van der Waals surface area contributed by atoms with Crippen molar-refractivity contribution in [2.75, 3.05) is 38.4 Å². The van der Waals surface area contributed by atoms with Crippen molar-refractivity contribution in [2.45, 2.75) is 18.9 Å². The molecule has 0 spiro atoms. The summed E-state index contributed by atoms with van der Waals surface area (Å²) in [5.41, 5.74) is 0.804. The summed E-state index contributed by atoms with van der Waals surface area (Å²) in [7, 11) is 1.74. The summed E-state index contributed by atoms with van der Waals surface area (Å²) in [6, 6.07) is 3.51. The highest BCUT2D eigenvalue weighted by Crippen LogP contribution is 2.40. The van der Waals surface area contributed by atoms with Gasteiger partial charge >= 0.3 is 5.91 Å². The standard InChI is InChI=1S/C17H19N3O5/c1-19(8-15(21)18-10-2-3-10)9-20-12-7-14-13(24-4-5-25-14)6-11(12)16(22)17(20)23/h6-7,10H,2-5,8-9H2,1H3,(H,18,21). The van der Waals surface area contributed by atoms with E-state index in [1.807, 2.05) is 0 Å². The van der Waals surface area contributed by atoms with Gasteiger partial charge in [-0.05, 0) is 26.0 Å². The van der Waals surface area contributed by atoms with Crippen molar-refractivity contribution in [3.05, 3.63) is 17.7 Å². The Bertz CT molecular complexity index is 759. The smallest absolute Gasteiger partial charge is 0.300 e. The molecule has 2 aliphatic heterocycles. The van der Waals surface area contributed by atoms with Crippen LogP contribution in [0.2, 0.25) is 0 Å². The molecule has 0 aromatic heterocycles. The van der Waals surface area contributed by atoms with Crippen molar-refractivity contribution < 1.29 is 23.9 Å².